The molecule has 0 aliphatic carbocycles. The third-order valence-electron chi connectivity index (χ3n) is 3.87. The minimum atomic E-state index is -0.505. The van der Waals surface area contributed by atoms with E-state index in [9.17, 15) is 20.0 Å². The van der Waals surface area contributed by atoms with Gasteiger partial charge in [-0.05, 0) is 24.8 Å². The lowest BCUT2D eigenvalue weighted by atomic mass is 9.91. The number of hydrogen-bond acceptors (Lipinski definition) is 4. The maximum atomic E-state index is 12.3. The summed E-state index contributed by atoms with van der Waals surface area (Å²) in [6.07, 6.45) is 1.87. The number of aliphatic hydroxyl groups excluding tert-OH is 1. The quantitative estimate of drug-likeness (QED) is 0.659. The summed E-state index contributed by atoms with van der Waals surface area (Å²) in [5.74, 6) is 0.236. The van der Waals surface area contributed by atoms with Gasteiger partial charge >= 0.3 is 6.03 Å². The highest BCUT2D eigenvalue weighted by Gasteiger charge is 2.31. The molecule has 1 aliphatic rings. The Morgan fingerprint density at radius 2 is 2.33 bits per heavy atom. The van der Waals surface area contributed by atoms with Crippen LogP contribution < -0.4 is 5.32 Å². The largest absolute Gasteiger partial charge is 0.394 e. The van der Waals surface area contributed by atoms with Crippen LogP contribution in [0, 0.1) is 16.0 Å². The number of likely N-dealkylation sites (tertiary alicyclic amines) is 1. The second kappa shape index (κ2) is 6.53. The summed E-state index contributed by atoms with van der Waals surface area (Å²) in [6.45, 7) is 2.51. The summed E-state index contributed by atoms with van der Waals surface area (Å²) in [5.41, 5.74) is 0.308. The van der Waals surface area contributed by atoms with Crippen LogP contribution in [0.4, 0.5) is 16.2 Å². The van der Waals surface area contributed by atoms with Crippen molar-refractivity contribution in [2.75, 3.05) is 18.5 Å². The number of hydrogen-bond donors (Lipinski definition) is 2. The van der Waals surface area contributed by atoms with Gasteiger partial charge < -0.3 is 15.3 Å². The first kappa shape index (κ1) is 15.2. The van der Waals surface area contributed by atoms with Gasteiger partial charge in [0.25, 0.3) is 5.69 Å². The van der Waals surface area contributed by atoms with Crippen LogP contribution in [0.3, 0.4) is 0 Å². The maximum absolute atomic E-state index is 12.3. The van der Waals surface area contributed by atoms with Crippen molar-refractivity contribution in [3.05, 3.63) is 34.4 Å². The molecule has 0 radical (unpaired) electrons. The smallest absolute Gasteiger partial charge is 0.322 e. The van der Waals surface area contributed by atoms with Crippen LogP contribution in [0.1, 0.15) is 19.8 Å². The van der Waals surface area contributed by atoms with E-state index in [1.807, 2.05) is 6.92 Å². The lowest BCUT2D eigenvalue weighted by Crippen LogP contribution is -2.51. The molecule has 1 aromatic rings. The summed E-state index contributed by atoms with van der Waals surface area (Å²) in [7, 11) is 0. The summed E-state index contributed by atoms with van der Waals surface area (Å²) >= 11 is 0. The van der Waals surface area contributed by atoms with Gasteiger partial charge in [-0.3, -0.25) is 10.1 Å². The van der Waals surface area contributed by atoms with E-state index < -0.39 is 4.92 Å². The monoisotopic (exact) mass is 293 g/mol. The minimum Gasteiger partial charge on any atom is -0.394 e. The number of aliphatic hydroxyl groups is 1. The van der Waals surface area contributed by atoms with Crippen molar-refractivity contribution in [1.29, 1.82) is 0 Å². The first-order chi connectivity index (χ1) is 10.0. The summed E-state index contributed by atoms with van der Waals surface area (Å²) in [6, 6.07) is 5.27. The van der Waals surface area contributed by atoms with Crippen LogP contribution in [0.15, 0.2) is 24.3 Å². The molecule has 1 saturated heterocycles. The predicted octanol–water partition coefficient (Wildman–Crippen LogP) is 2.22. The van der Waals surface area contributed by atoms with Gasteiger partial charge in [0, 0.05) is 24.4 Å². The molecule has 1 fully saturated rings. The maximum Gasteiger partial charge on any atom is 0.322 e. The zero-order chi connectivity index (χ0) is 15.4. The third kappa shape index (κ3) is 3.49. The van der Waals surface area contributed by atoms with Gasteiger partial charge in [-0.15, -0.1) is 0 Å². The molecule has 0 spiro atoms. The molecule has 0 saturated carbocycles. The van der Waals surface area contributed by atoms with Gasteiger partial charge in [-0.2, -0.15) is 0 Å². The number of anilines is 1. The predicted molar refractivity (Wildman–Crippen MR) is 78.1 cm³/mol. The highest BCUT2D eigenvalue weighted by molar-refractivity contribution is 5.90. The zero-order valence-electron chi connectivity index (χ0n) is 11.9. The number of urea groups is 1. The highest BCUT2D eigenvalue weighted by atomic mass is 16.6. The van der Waals surface area contributed by atoms with E-state index >= 15 is 0 Å². The lowest BCUT2D eigenvalue weighted by molar-refractivity contribution is -0.384. The first-order valence-corrected chi connectivity index (χ1v) is 6.96. The van der Waals surface area contributed by atoms with Gasteiger partial charge in [0.1, 0.15) is 0 Å². The van der Waals surface area contributed by atoms with Crippen molar-refractivity contribution in [2.45, 2.75) is 25.8 Å². The summed E-state index contributed by atoms with van der Waals surface area (Å²) in [4.78, 5) is 24.1. The molecule has 2 rings (SSSR count). The molecule has 1 aromatic carbocycles. The SMILES string of the molecule is CC1CCCN(C(=O)Nc2cccc([N+](=O)[O-])c2)C1CO. The average Bonchev–Trinajstić information content (AvgIpc) is 2.47. The molecule has 1 aliphatic heterocycles. The number of piperidine rings is 1. The molecule has 7 heteroatoms. The Kier molecular flexibility index (Phi) is 4.74. The van der Waals surface area contributed by atoms with Gasteiger partial charge in [0.2, 0.25) is 0 Å². The van der Waals surface area contributed by atoms with E-state index in [0.717, 1.165) is 12.8 Å². The highest BCUT2D eigenvalue weighted by Crippen LogP contribution is 2.24. The number of nitrogens with zero attached hydrogens (tertiary/aromatic N) is 2. The number of nitrogens with one attached hydrogen (secondary N) is 1. The molecular formula is C14H19N3O4. The standard InChI is InChI=1S/C14H19N3O4/c1-10-4-3-7-16(13(10)9-18)14(19)15-11-5-2-6-12(8-11)17(20)21/h2,5-6,8,10,13,18H,3-4,7,9H2,1H3,(H,15,19). The number of carbonyl (C=O) groups is 1. The molecule has 0 aromatic heterocycles. The number of rotatable bonds is 3. The zero-order valence-corrected chi connectivity index (χ0v) is 11.9. The molecule has 1 heterocycles. The van der Waals surface area contributed by atoms with E-state index in [4.69, 9.17) is 0 Å². The molecule has 2 unspecified atom stereocenters. The average molecular weight is 293 g/mol. The molecular weight excluding hydrogens is 274 g/mol. The van der Waals surface area contributed by atoms with Crippen molar-refractivity contribution >= 4 is 17.4 Å². The van der Waals surface area contributed by atoms with Gasteiger partial charge in [0.15, 0.2) is 0 Å². The Labute approximate surface area is 122 Å². The normalized spacial score (nSPS) is 21.9. The van der Waals surface area contributed by atoms with Crippen LogP contribution in [-0.2, 0) is 0 Å². The molecule has 7 nitrogen and oxygen atoms in total. The number of nitro groups is 1. The van der Waals surface area contributed by atoms with Crippen molar-refractivity contribution in [3.63, 3.8) is 0 Å². The number of benzene rings is 1. The summed E-state index contributed by atoms with van der Waals surface area (Å²) in [5, 5.41) is 22.8. The molecule has 2 atom stereocenters. The van der Waals surface area contributed by atoms with Gasteiger partial charge in [0.05, 0.1) is 17.6 Å². The van der Waals surface area contributed by atoms with Crippen LogP contribution in [0.25, 0.3) is 0 Å². The van der Waals surface area contributed by atoms with Crippen molar-refractivity contribution in [1.82, 2.24) is 4.90 Å². The van der Waals surface area contributed by atoms with Crippen molar-refractivity contribution in [2.24, 2.45) is 5.92 Å². The Bertz CT molecular complexity index is 535. The van der Waals surface area contributed by atoms with Crippen molar-refractivity contribution in [3.8, 4) is 0 Å². The van der Waals surface area contributed by atoms with Crippen LogP contribution >= 0.6 is 0 Å². The first-order valence-electron chi connectivity index (χ1n) is 6.96. The topological polar surface area (TPSA) is 95.7 Å². The fourth-order valence-electron chi connectivity index (χ4n) is 2.67. The third-order valence-corrected chi connectivity index (χ3v) is 3.87. The second-order valence-electron chi connectivity index (χ2n) is 5.30. The van der Waals surface area contributed by atoms with E-state index in [-0.39, 0.29) is 30.3 Å². The van der Waals surface area contributed by atoms with E-state index in [2.05, 4.69) is 5.32 Å². The summed E-state index contributed by atoms with van der Waals surface area (Å²) < 4.78 is 0. The van der Waals surface area contributed by atoms with Gasteiger partial charge in [-0.1, -0.05) is 13.0 Å². The lowest BCUT2D eigenvalue weighted by Gasteiger charge is -2.38. The fraction of sp³-hybridized carbons (Fsp3) is 0.500. The molecule has 2 amide bonds. The molecule has 2 N–H and O–H groups in total. The van der Waals surface area contributed by atoms with Crippen LogP contribution in [0.5, 0.6) is 0 Å². The van der Waals surface area contributed by atoms with Crippen molar-refractivity contribution < 1.29 is 14.8 Å². The molecule has 21 heavy (non-hydrogen) atoms. The fourth-order valence-corrected chi connectivity index (χ4v) is 2.67. The number of nitro benzene ring substituents is 1. The Morgan fingerprint density at radius 1 is 1.57 bits per heavy atom. The Morgan fingerprint density at radius 3 is 3.00 bits per heavy atom. The van der Waals surface area contributed by atoms with Crippen LogP contribution in [0.2, 0.25) is 0 Å². The van der Waals surface area contributed by atoms with E-state index in [0.29, 0.717) is 12.2 Å². The number of carbonyl (C=O) groups excluding carboxylic acids is 1. The van der Waals surface area contributed by atoms with E-state index in [1.54, 1.807) is 11.0 Å². The minimum absolute atomic E-state index is 0.0708. The number of non-ortho nitro benzene ring substituents is 1. The van der Waals surface area contributed by atoms with Gasteiger partial charge in [-0.25, -0.2) is 4.79 Å². The van der Waals surface area contributed by atoms with Crippen LogP contribution in [-0.4, -0.2) is 40.2 Å². The second-order valence-corrected chi connectivity index (χ2v) is 5.30. The van der Waals surface area contributed by atoms with E-state index in [1.165, 1.54) is 18.2 Å². The molecule has 114 valence electrons. The molecule has 0 bridgehead atoms. The Hall–Kier alpha value is -2.15. The number of amides is 2. The Balaban J connectivity index is 2.10.